The van der Waals surface area contributed by atoms with E-state index in [0.29, 0.717) is 13.2 Å². The van der Waals surface area contributed by atoms with E-state index in [1.54, 1.807) is 24.2 Å². The van der Waals surface area contributed by atoms with Gasteiger partial charge in [-0.05, 0) is 35.7 Å². The van der Waals surface area contributed by atoms with Gasteiger partial charge >= 0.3 is 6.09 Å². The Hall–Kier alpha value is -2.84. The quantitative estimate of drug-likeness (QED) is 0.488. The van der Waals surface area contributed by atoms with Gasteiger partial charge < -0.3 is 19.8 Å². The van der Waals surface area contributed by atoms with Crippen molar-refractivity contribution >= 4 is 17.9 Å². The predicted octanol–water partition coefficient (Wildman–Crippen LogP) is 4.21. The Kier molecular flexibility index (Phi) is 7.87. The van der Waals surface area contributed by atoms with Crippen molar-refractivity contribution in [3.8, 4) is 0 Å². The van der Waals surface area contributed by atoms with Crippen molar-refractivity contribution < 1.29 is 14.3 Å². The maximum absolute atomic E-state index is 10.7. The van der Waals surface area contributed by atoms with Crippen molar-refractivity contribution in [1.29, 1.82) is 0 Å². The minimum absolute atomic E-state index is 0.114. The van der Waals surface area contributed by atoms with Crippen LogP contribution in [0.2, 0.25) is 0 Å². The van der Waals surface area contributed by atoms with Crippen molar-refractivity contribution in [3.05, 3.63) is 71.9 Å². The molecule has 0 aliphatic carbocycles. The van der Waals surface area contributed by atoms with Gasteiger partial charge in [0, 0.05) is 17.3 Å². The van der Waals surface area contributed by atoms with Crippen LogP contribution < -0.4 is 5.73 Å². The molecule has 0 radical (unpaired) electrons. The Morgan fingerprint density at radius 3 is 2.53 bits per heavy atom. The molecule has 0 spiro atoms. The van der Waals surface area contributed by atoms with Crippen molar-refractivity contribution in [2.45, 2.75) is 42.8 Å². The molecule has 0 aliphatic rings. The van der Waals surface area contributed by atoms with E-state index < -0.39 is 6.09 Å². The van der Waals surface area contributed by atoms with Gasteiger partial charge in [-0.25, -0.2) is 9.78 Å². The molecular formula is C22H26N4O3S. The summed E-state index contributed by atoms with van der Waals surface area (Å²) in [7, 11) is 0. The summed E-state index contributed by atoms with van der Waals surface area (Å²) in [5, 5.41) is 1.10. The van der Waals surface area contributed by atoms with Gasteiger partial charge in [0.15, 0.2) is 0 Å². The lowest BCUT2D eigenvalue weighted by Gasteiger charge is -2.14. The van der Waals surface area contributed by atoms with Gasteiger partial charge in [-0.3, -0.25) is 4.98 Å². The first-order chi connectivity index (χ1) is 14.5. The number of benzene rings is 1. The van der Waals surface area contributed by atoms with E-state index in [4.69, 9.17) is 20.2 Å². The first kappa shape index (κ1) is 21.9. The summed E-state index contributed by atoms with van der Waals surface area (Å²) in [6, 6.07) is 14.3. The van der Waals surface area contributed by atoms with Gasteiger partial charge in [0.2, 0.25) is 0 Å². The molecular weight excluding hydrogens is 400 g/mol. The molecule has 0 bridgehead atoms. The minimum Gasteiger partial charge on any atom is -0.447 e. The average molecular weight is 427 g/mol. The van der Waals surface area contributed by atoms with Crippen LogP contribution in [0.25, 0.3) is 0 Å². The average Bonchev–Trinajstić information content (AvgIpc) is 3.06. The number of pyridine rings is 1. The Bertz CT molecular complexity index is 946. The maximum atomic E-state index is 10.7. The number of hydrogen-bond acceptors (Lipinski definition) is 6. The number of nitrogens with two attached hydrogens (primary N) is 1. The molecule has 2 aromatic heterocycles. The van der Waals surface area contributed by atoms with E-state index >= 15 is 0 Å². The third-order valence-electron chi connectivity index (χ3n) is 4.32. The molecule has 0 atom stereocenters. The Morgan fingerprint density at radius 1 is 1.13 bits per heavy atom. The molecule has 2 heterocycles. The van der Waals surface area contributed by atoms with Gasteiger partial charge in [0.05, 0.1) is 18.8 Å². The maximum Gasteiger partial charge on any atom is 0.404 e. The summed E-state index contributed by atoms with van der Waals surface area (Å²) >= 11 is 1.70. The van der Waals surface area contributed by atoms with Crippen LogP contribution in [0.4, 0.5) is 4.79 Å². The summed E-state index contributed by atoms with van der Waals surface area (Å²) < 4.78 is 12.6. The second-order valence-electron chi connectivity index (χ2n) is 6.95. The van der Waals surface area contributed by atoms with Crippen LogP contribution in [0.5, 0.6) is 0 Å². The third-order valence-corrected chi connectivity index (χ3v) is 5.45. The molecule has 3 aromatic rings. The Labute approximate surface area is 180 Å². The molecule has 158 valence electrons. The van der Waals surface area contributed by atoms with Crippen molar-refractivity contribution in [2.75, 3.05) is 13.2 Å². The zero-order valence-electron chi connectivity index (χ0n) is 17.2. The number of imidazole rings is 1. The first-order valence-electron chi connectivity index (χ1n) is 9.75. The first-order valence-corrected chi connectivity index (χ1v) is 10.6. The summed E-state index contributed by atoms with van der Waals surface area (Å²) in [4.78, 5) is 20.9. The van der Waals surface area contributed by atoms with Crippen LogP contribution in [0.1, 0.15) is 36.8 Å². The highest BCUT2D eigenvalue weighted by molar-refractivity contribution is 7.99. The molecule has 0 fully saturated rings. The van der Waals surface area contributed by atoms with E-state index in [0.717, 1.165) is 27.0 Å². The standard InChI is InChI=1S/C22H26N4O3S/c1-16(2)20-21(30-18-6-4-3-5-7-18)26(14-17-8-10-24-11-9-17)19(25-20)15-28-12-13-29-22(23)27/h3-11,16H,12-15H2,1-2H3,(H2,23,27). The third kappa shape index (κ3) is 6.08. The molecule has 1 aromatic carbocycles. The molecule has 0 aliphatic heterocycles. The number of carbonyl (C=O) groups is 1. The van der Waals surface area contributed by atoms with Crippen LogP contribution >= 0.6 is 11.8 Å². The lowest BCUT2D eigenvalue weighted by atomic mass is 10.1. The van der Waals surface area contributed by atoms with Gasteiger partial charge in [-0.15, -0.1) is 0 Å². The molecule has 0 saturated heterocycles. The van der Waals surface area contributed by atoms with E-state index in [2.05, 4.69) is 35.5 Å². The van der Waals surface area contributed by atoms with Gasteiger partial charge in [0.1, 0.15) is 24.1 Å². The molecule has 8 heteroatoms. The summed E-state index contributed by atoms with van der Waals surface area (Å²) in [6.45, 7) is 5.61. The van der Waals surface area contributed by atoms with Crippen LogP contribution in [0.15, 0.2) is 64.8 Å². The van der Waals surface area contributed by atoms with E-state index in [9.17, 15) is 4.79 Å². The number of aromatic nitrogens is 3. The number of primary amides is 1. The fraction of sp³-hybridized carbons (Fsp3) is 0.318. The van der Waals surface area contributed by atoms with Crippen molar-refractivity contribution in [1.82, 2.24) is 14.5 Å². The van der Waals surface area contributed by atoms with Crippen LogP contribution in [0, 0.1) is 0 Å². The van der Waals surface area contributed by atoms with Gasteiger partial charge in [0.25, 0.3) is 0 Å². The topological polar surface area (TPSA) is 92.3 Å². The zero-order chi connectivity index (χ0) is 21.3. The minimum atomic E-state index is -0.804. The Balaban J connectivity index is 1.89. The molecule has 30 heavy (non-hydrogen) atoms. The van der Waals surface area contributed by atoms with Crippen LogP contribution in [-0.2, 0) is 22.6 Å². The number of carbonyl (C=O) groups excluding carboxylic acids is 1. The summed E-state index contributed by atoms with van der Waals surface area (Å²) in [6.07, 6.45) is 2.77. The summed E-state index contributed by atoms with van der Waals surface area (Å²) in [5.41, 5.74) is 7.15. The van der Waals surface area contributed by atoms with Crippen LogP contribution in [-0.4, -0.2) is 33.8 Å². The highest BCUT2D eigenvalue weighted by Gasteiger charge is 2.21. The number of rotatable bonds is 10. The van der Waals surface area contributed by atoms with E-state index in [-0.39, 0.29) is 19.1 Å². The largest absolute Gasteiger partial charge is 0.447 e. The smallest absolute Gasteiger partial charge is 0.404 e. The molecule has 0 unspecified atom stereocenters. The fourth-order valence-corrected chi connectivity index (χ4v) is 4.08. The highest BCUT2D eigenvalue weighted by Crippen LogP contribution is 2.35. The highest BCUT2D eigenvalue weighted by atomic mass is 32.2. The number of nitrogens with zero attached hydrogens (tertiary/aromatic N) is 3. The predicted molar refractivity (Wildman–Crippen MR) is 115 cm³/mol. The van der Waals surface area contributed by atoms with Gasteiger partial charge in [-0.2, -0.15) is 0 Å². The van der Waals surface area contributed by atoms with E-state index in [1.165, 1.54) is 0 Å². The lowest BCUT2D eigenvalue weighted by molar-refractivity contribution is 0.0637. The fourth-order valence-electron chi connectivity index (χ4n) is 2.89. The van der Waals surface area contributed by atoms with Crippen LogP contribution in [0.3, 0.4) is 0 Å². The number of hydrogen-bond donors (Lipinski definition) is 1. The second-order valence-corrected chi connectivity index (χ2v) is 8.01. The molecule has 7 nitrogen and oxygen atoms in total. The van der Waals surface area contributed by atoms with Crippen molar-refractivity contribution in [2.24, 2.45) is 5.73 Å². The number of ether oxygens (including phenoxy) is 2. The van der Waals surface area contributed by atoms with E-state index in [1.807, 2.05) is 30.3 Å². The molecule has 1 amide bonds. The van der Waals surface area contributed by atoms with Crippen molar-refractivity contribution in [3.63, 3.8) is 0 Å². The molecule has 2 N–H and O–H groups in total. The summed E-state index contributed by atoms with van der Waals surface area (Å²) in [5.74, 6) is 1.08. The van der Waals surface area contributed by atoms with Gasteiger partial charge in [-0.1, -0.05) is 43.8 Å². The normalized spacial score (nSPS) is 11.0. The zero-order valence-corrected chi connectivity index (χ0v) is 18.0. The number of amides is 1. The monoisotopic (exact) mass is 426 g/mol. The lowest BCUT2D eigenvalue weighted by Crippen LogP contribution is -2.17. The Morgan fingerprint density at radius 2 is 1.87 bits per heavy atom. The molecule has 3 rings (SSSR count). The SMILES string of the molecule is CC(C)c1nc(COCCOC(N)=O)n(Cc2ccncc2)c1Sc1ccccc1. The molecule has 0 saturated carbocycles. The second kappa shape index (κ2) is 10.8.